The van der Waals surface area contributed by atoms with Crippen LogP contribution < -0.4 is 5.32 Å². The van der Waals surface area contributed by atoms with E-state index in [0.29, 0.717) is 19.0 Å². The molecular weight excluding hydrogens is 428 g/mol. The Kier molecular flexibility index (Phi) is 8.37. The summed E-state index contributed by atoms with van der Waals surface area (Å²) in [5.74, 6) is -0.924. The maximum absolute atomic E-state index is 12.0. The van der Waals surface area contributed by atoms with Crippen molar-refractivity contribution >= 4 is 12.1 Å². The number of piperidine rings is 1. The van der Waals surface area contributed by atoms with Gasteiger partial charge in [-0.2, -0.15) is 0 Å². The van der Waals surface area contributed by atoms with E-state index in [4.69, 9.17) is 4.74 Å². The Hall–Kier alpha value is -2.86. The van der Waals surface area contributed by atoms with Crippen LogP contribution in [0.15, 0.2) is 60.7 Å². The van der Waals surface area contributed by atoms with Gasteiger partial charge < -0.3 is 15.2 Å². The zero-order valence-corrected chi connectivity index (χ0v) is 20.8. The predicted octanol–water partition coefficient (Wildman–Crippen LogP) is 5.79. The molecule has 2 fully saturated rings. The monoisotopic (exact) mass is 466 g/mol. The van der Waals surface area contributed by atoms with Crippen LogP contribution in [-0.2, 0) is 16.1 Å². The summed E-state index contributed by atoms with van der Waals surface area (Å²) in [5.41, 5.74) is 2.26. The van der Waals surface area contributed by atoms with E-state index in [9.17, 15) is 14.7 Å². The molecule has 6 heteroatoms. The van der Waals surface area contributed by atoms with Gasteiger partial charge in [0.2, 0.25) is 0 Å². The van der Waals surface area contributed by atoms with Crippen molar-refractivity contribution in [2.45, 2.75) is 77.6 Å². The first-order chi connectivity index (χ1) is 16.1. The molecule has 1 saturated heterocycles. The van der Waals surface area contributed by atoms with Crippen LogP contribution in [0.2, 0.25) is 0 Å². The van der Waals surface area contributed by atoms with E-state index < -0.39 is 23.7 Å². The van der Waals surface area contributed by atoms with Crippen LogP contribution in [0.5, 0.6) is 0 Å². The minimum Gasteiger partial charge on any atom is -0.480 e. The van der Waals surface area contributed by atoms with Gasteiger partial charge in [0.25, 0.3) is 0 Å². The summed E-state index contributed by atoms with van der Waals surface area (Å²) in [6.45, 7) is 8.95. The quantitative estimate of drug-likeness (QED) is 0.583. The predicted molar refractivity (Wildman–Crippen MR) is 133 cm³/mol. The van der Waals surface area contributed by atoms with Crippen molar-refractivity contribution < 1.29 is 19.4 Å². The number of carboxylic acid groups (broad SMARTS) is 1. The number of nitrogens with zero attached hydrogens (tertiary/aromatic N) is 1. The molecule has 0 aromatic heterocycles. The molecule has 0 radical (unpaired) electrons. The number of likely N-dealkylation sites (tertiary alicyclic amines) is 1. The lowest BCUT2D eigenvalue weighted by atomic mass is 9.88. The molecular formula is C28H38N2O4. The number of rotatable bonds is 5. The largest absolute Gasteiger partial charge is 0.480 e. The summed E-state index contributed by atoms with van der Waals surface area (Å²) in [4.78, 5) is 24.7. The summed E-state index contributed by atoms with van der Waals surface area (Å²) in [7, 11) is 0. The zero-order valence-electron chi connectivity index (χ0n) is 20.8. The lowest BCUT2D eigenvalue weighted by molar-refractivity contribution is -0.145. The first kappa shape index (κ1) is 25.8. The van der Waals surface area contributed by atoms with E-state index in [1.165, 1.54) is 16.0 Å². The number of hydrogen-bond donors (Lipinski definition) is 2. The van der Waals surface area contributed by atoms with Crippen molar-refractivity contribution in [3.05, 3.63) is 71.8 Å². The van der Waals surface area contributed by atoms with Gasteiger partial charge in [-0.25, -0.2) is 9.59 Å². The van der Waals surface area contributed by atoms with Gasteiger partial charge in [-0.3, -0.25) is 4.90 Å². The van der Waals surface area contributed by atoms with Crippen molar-refractivity contribution in [2.24, 2.45) is 5.41 Å². The van der Waals surface area contributed by atoms with Crippen molar-refractivity contribution in [1.29, 1.82) is 0 Å². The smallest absolute Gasteiger partial charge is 0.411 e. The Morgan fingerprint density at radius 2 is 1.65 bits per heavy atom. The summed E-state index contributed by atoms with van der Waals surface area (Å²) < 4.78 is 5.27. The van der Waals surface area contributed by atoms with Crippen LogP contribution in [0.4, 0.5) is 4.79 Å². The van der Waals surface area contributed by atoms with E-state index >= 15 is 0 Å². The van der Waals surface area contributed by atoms with E-state index in [1.807, 2.05) is 12.1 Å². The lowest BCUT2D eigenvalue weighted by Crippen LogP contribution is -2.52. The highest BCUT2D eigenvalue weighted by Gasteiger charge is 2.51. The molecule has 2 aliphatic rings. The number of hydrogen-bond acceptors (Lipinski definition) is 4. The van der Waals surface area contributed by atoms with Gasteiger partial charge in [0.15, 0.2) is 0 Å². The molecule has 0 bridgehead atoms. The number of amides is 1. The van der Waals surface area contributed by atoms with Crippen LogP contribution in [0.3, 0.4) is 0 Å². The minimum absolute atomic E-state index is 0.196. The van der Waals surface area contributed by atoms with Crippen LogP contribution in [0, 0.1) is 5.41 Å². The number of carbonyl (C=O) groups is 2. The number of nitrogens with one attached hydrogen (secondary N) is 1. The Balaban J connectivity index is 0.000000192. The third-order valence-corrected chi connectivity index (χ3v) is 6.51. The molecule has 6 nitrogen and oxygen atoms in total. The molecule has 1 heterocycles. The van der Waals surface area contributed by atoms with Crippen molar-refractivity contribution in [3.8, 4) is 0 Å². The molecule has 1 aliphatic heterocycles. The van der Waals surface area contributed by atoms with Crippen LogP contribution in [0.25, 0.3) is 0 Å². The molecule has 1 amide bonds. The topological polar surface area (TPSA) is 78.9 Å². The van der Waals surface area contributed by atoms with Gasteiger partial charge in [-0.1, -0.05) is 60.7 Å². The Morgan fingerprint density at radius 3 is 2.18 bits per heavy atom. The fourth-order valence-electron chi connectivity index (χ4n) is 4.25. The van der Waals surface area contributed by atoms with Gasteiger partial charge in [0.1, 0.15) is 11.6 Å². The normalized spacial score (nSPS) is 19.5. The Labute approximate surface area is 203 Å². The second-order valence-corrected chi connectivity index (χ2v) is 10.5. The fourth-order valence-corrected chi connectivity index (χ4v) is 4.25. The number of carbonyl (C=O) groups excluding carboxylic acids is 1. The van der Waals surface area contributed by atoms with Gasteiger partial charge >= 0.3 is 12.1 Å². The zero-order chi connectivity index (χ0) is 24.8. The molecule has 2 atom stereocenters. The fraction of sp³-hybridized carbons (Fsp3) is 0.500. The summed E-state index contributed by atoms with van der Waals surface area (Å²) in [6.07, 6.45) is 3.15. The second-order valence-electron chi connectivity index (χ2n) is 10.5. The molecule has 34 heavy (non-hydrogen) atoms. The van der Waals surface area contributed by atoms with Gasteiger partial charge in [-0.15, -0.1) is 0 Å². The van der Waals surface area contributed by atoms with Crippen molar-refractivity contribution in [3.63, 3.8) is 0 Å². The van der Waals surface area contributed by atoms with E-state index in [1.54, 1.807) is 20.8 Å². The lowest BCUT2D eigenvalue weighted by Gasteiger charge is -2.38. The number of carboxylic acids is 1. The standard InChI is InChI=1S/C15H17N.C13H21NO4/c1-13(15-10-6-3-7-11-15)16-12-14-8-4-2-5-9-14;1-12(2,3)18-11(17)14-7-6-13(4-5-13)8-9(14)10(15)16/h2-11,13,16H,12H2,1H3;9H,4-8H2,1-3H3,(H,15,16). The maximum atomic E-state index is 12.0. The molecule has 4 rings (SSSR count). The molecule has 184 valence electrons. The molecule has 2 aromatic rings. The van der Waals surface area contributed by atoms with E-state index in [0.717, 1.165) is 25.8 Å². The maximum Gasteiger partial charge on any atom is 0.411 e. The second kappa shape index (κ2) is 11.0. The van der Waals surface area contributed by atoms with Gasteiger partial charge in [-0.05, 0) is 69.9 Å². The van der Waals surface area contributed by atoms with Gasteiger partial charge in [0, 0.05) is 19.1 Å². The number of benzene rings is 2. The Bertz CT molecular complexity index is 936. The molecule has 1 saturated carbocycles. The average molecular weight is 467 g/mol. The minimum atomic E-state index is -0.924. The molecule has 2 aromatic carbocycles. The first-order valence-electron chi connectivity index (χ1n) is 12.1. The Morgan fingerprint density at radius 1 is 1.06 bits per heavy atom. The van der Waals surface area contributed by atoms with Gasteiger partial charge in [0.05, 0.1) is 0 Å². The SMILES string of the molecule is CC(C)(C)OC(=O)N1CCC2(CC2)CC1C(=O)O.CC(NCc1ccccc1)c1ccccc1. The van der Waals surface area contributed by atoms with Crippen LogP contribution >= 0.6 is 0 Å². The highest BCUT2D eigenvalue weighted by atomic mass is 16.6. The van der Waals surface area contributed by atoms with Crippen molar-refractivity contribution in [2.75, 3.05) is 6.54 Å². The third-order valence-electron chi connectivity index (χ3n) is 6.51. The summed E-state index contributed by atoms with van der Waals surface area (Å²) in [6, 6.07) is 20.7. The van der Waals surface area contributed by atoms with Crippen molar-refractivity contribution in [1.82, 2.24) is 10.2 Å². The highest BCUT2D eigenvalue weighted by Crippen LogP contribution is 2.55. The molecule has 1 aliphatic carbocycles. The molecule has 2 unspecified atom stereocenters. The number of aliphatic carboxylic acids is 1. The average Bonchev–Trinajstić information content (AvgIpc) is 3.56. The van der Waals surface area contributed by atoms with E-state index in [2.05, 4.69) is 60.8 Å². The first-order valence-corrected chi connectivity index (χ1v) is 12.1. The molecule has 1 spiro atoms. The number of ether oxygens (including phenoxy) is 1. The highest BCUT2D eigenvalue weighted by molar-refractivity contribution is 5.80. The van der Waals surface area contributed by atoms with E-state index in [-0.39, 0.29) is 5.41 Å². The molecule has 2 N–H and O–H groups in total. The van der Waals surface area contributed by atoms with Crippen LogP contribution in [0.1, 0.15) is 70.5 Å². The summed E-state index contributed by atoms with van der Waals surface area (Å²) in [5, 5.41) is 12.8. The third kappa shape index (κ3) is 7.59. The van der Waals surface area contributed by atoms with Crippen LogP contribution in [-0.4, -0.2) is 40.3 Å². The summed E-state index contributed by atoms with van der Waals surface area (Å²) >= 11 is 0.